The lowest BCUT2D eigenvalue weighted by molar-refractivity contribution is 0.349. The molecule has 0 atom stereocenters. The minimum atomic E-state index is 0.529. The van der Waals surface area contributed by atoms with Gasteiger partial charge in [0.15, 0.2) is 0 Å². The lowest BCUT2D eigenvalue weighted by atomic mass is 10.2. The van der Waals surface area contributed by atoms with E-state index in [0.29, 0.717) is 17.5 Å². The molecule has 1 N–H and O–H groups in total. The van der Waals surface area contributed by atoms with E-state index in [2.05, 4.69) is 32.7 Å². The zero-order chi connectivity index (χ0) is 14.3. The van der Waals surface area contributed by atoms with Gasteiger partial charge in [0.05, 0.1) is 5.02 Å². The van der Waals surface area contributed by atoms with Crippen LogP contribution < -0.4 is 10.1 Å². The monoisotopic (exact) mass is 281 g/mol. The smallest absolute Gasteiger partial charge is 0.138 e. The van der Waals surface area contributed by atoms with E-state index in [0.717, 1.165) is 30.8 Å². The normalized spacial score (nSPS) is 10.8. The second-order valence-electron chi connectivity index (χ2n) is 5.18. The number of ether oxygens (including phenoxy) is 1. The van der Waals surface area contributed by atoms with E-state index >= 15 is 0 Å². The molecule has 0 radical (unpaired) electrons. The van der Waals surface area contributed by atoms with E-state index in [1.165, 1.54) is 5.56 Å². The van der Waals surface area contributed by atoms with Crippen LogP contribution in [0, 0.1) is 5.92 Å². The zero-order valence-corrected chi connectivity index (χ0v) is 12.9. The summed E-state index contributed by atoms with van der Waals surface area (Å²) in [5.41, 5.74) is 2.24. The highest BCUT2D eigenvalue weighted by Crippen LogP contribution is 2.26. The van der Waals surface area contributed by atoms with Crippen LogP contribution in [0.1, 0.15) is 32.8 Å². The van der Waals surface area contributed by atoms with Crippen LogP contribution in [0.3, 0.4) is 0 Å². The average Bonchev–Trinajstić information content (AvgIpc) is 2.37. The molecule has 0 heterocycles. The second-order valence-corrected chi connectivity index (χ2v) is 5.59. The molecule has 2 nitrogen and oxygen atoms in total. The summed E-state index contributed by atoms with van der Waals surface area (Å²) in [7, 11) is 0. The SMILES string of the molecule is C=C(CC)COc1ccc(CNCC(C)C)cc1Cl. The van der Waals surface area contributed by atoms with Crippen LogP contribution in [0.15, 0.2) is 30.4 Å². The van der Waals surface area contributed by atoms with E-state index in [1.54, 1.807) is 0 Å². The highest BCUT2D eigenvalue weighted by molar-refractivity contribution is 6.32. The van der Waals surface area contributed by atoms with Gasteiger partial charge in [0.1, 0.15) is 12.4 Å². The summed E-state index contributed by atoms with van der Waals surface area (Å²) in [5, 5.41) is 4.05. The van der Waals surface area contributed by atoms with Crippen LogP contribution in [-0.4, -0.2) is 13.2 Å². The fourth-order valence-electron chi connectivity index (χ4n) is 1.56. The Bertz CT molecular complexity index is 415. The summed E-state index contributed by atoms with van der Waals surface area (Å²) in [6.07, 6.45) is 0.925. The number of benzene rings is 1. The quantitative estimate of drug-likeness (QED) is 0.712. The molecule has 0 amide bonds. The summed E-state index contributed by atoms with van der Waals surface area (Å²) < 4.78 is 5.64. The van der Waals surface area contributed by atoms with Crippen molar-refractivity contribution in [3.05, 3.63) is 40.9 Å². The third-order valence-corrected chi connectivity index (χ3v) is 3.11. The minimum absolute atomic E-state index is 0.529. The van der Waals surface area contributed by atoms with Gasteiger partial charge in [-0.25, -0.2) is 0 Å². The summed E-state index contributed by atoms with van der Waals surface area (Å²) in [4.78, 5) is 0. The average molecular weight is 282 g/mol. The van der Waals surface area contributed by atoms with E-state index in [4.69, 9.17) is 16.3 Å². The molecule has 1 aromatic carbocycles. The van der Waals surface area contributed by atoms with Gasteiger partial charge < -0.3 is 10.1 Å². The molecule has 106 valence electrons. The molecule has 0 unspecified atom stereocenters. The first-order valence-corrected chi connectivity index (χ1v) is 7.19. The Labute approximate surface area is 121 Å². The van der Waals surface area contributed by atoms with Gasteiger partial charge in [-0.15, -0.1) is 0 Å². The first kappa shape index (κ1) is 16.1. The summed E-state index contributed by atoms with van der Waals surface area (Å²) in [6.45, 7) is 12.7. The number of halogens is 1. The Morgan fingerprint density at radius 2 is 2.16 bits per heavy atom. The van der Waals surface area contributed by atoms with Crippen LogP contribution in [-0.2, 0) is 6.54 Å². The highest BCUT2D eigenvalue weighted by Gasteiger charge is 2.04. The van der Waals surface area contributed by atoms with Crippen molar-refractivity contribution >= 4 is 11.6 Å². The summed E-state index contributed by atoms with van der Waals surface area (Å²) in [6, 6.07) is 5.93. The molecule has 19 heavy (non-hydrogen) atoms. The third-order valence-electron chi connectivity index (χ3n) is 2.81. The van der Waals surface area contributed by atoms with Gasteiger partial charge >= 0.3 is 0 Å². The number of hydrogen-bond acceptors (Lipinski definition) is 2. The second kappa shape index (κ2) is 8.23. The van der Waals surface area contributed by atoms with Crippen molar-refractivity contribution in [2.45, 2.75) is 33.7 Å². The van der Waals surface area contributed by atoms with Crippen LogP contribution >= 0.6 is 11.6 Å². The number of rotatable bonds is 8. The Balaban J connectivity index is 2.51. The van der Waals surface area contributed by atoms with Crippen molar-refractivity contribution < 1.29 is 4.74 Å². The molecular weight excluding hydrogens is 258 g/mol. The van der Waals surface area contributed by atoms with Gasteiger partial charge in [-0.3, -0.25) is 0 Å². The number of nitrogens with one attached hydrogen (secondary N) is 1. The molecule has 0 bridgehead atoms. The van der Waals surface area contributed by atoms with Gasteiger partial charge in [-0.05, 0) is 42.2 Å². The molecule has 0 aromatic heterocycles. The zero-order valence-electron chi connectivity index (χ0n) is 12.1. The van der Waals surface area contributed by atoms with Crippen LogP contribution in [0.2, 0.25) is 5.02 Å². The lowest BCUT2D eigenvalue weighted by Crippen LogP contribution is -2.18. The lowest BCUT2D eigenvalue weighted by Gasteiger charge is -2.11. The maximum absolute atomic E-state index is 6.22. The van der Waals surface area contributed by atoms with Gasteiger partial charge in [-0.2, -0.15) is 0 Å². The minimum Gasteiger partial charge on any atom is -0.488 e. The van der Waals surface area contributed by atoms with Gasteiger partial charge in [-0.1, -0.05) is 45.0 Å². The van der Waals surface area contributed by atoms with Crippen molar-refractivity contribution in [3.63, 3.8) is 0 Å². The molecule has 0 saturated carbocycles. The fourth-order valence-corrected chi connectivity index (χ4v) is 1.82. The predicted octanol–water partition coefficient (Wildman–Crippen LogP) is 4.43. The van der Waals surface area contributed by atoms with E-state index in [1.807, 2.05) is 18.2 Å². The van der Waals surface area contributed by atoms with Gasteiger partial charge in [0.2, 0.25) is 0 Å². The van der Waals surface area contributed by atoms with Crippen molar-refractivity contribution in [2.75, 3.05) is 13.2 Å². The van der Waals surface area contributed by atoms with Crippen LogP contribution in [0.4, 0.5) is 0 Å². The van der Waals surface area contributed by atoms with Crippen molar-refractivity contribution in [2.24, 2.45) is 5.92 Å². The first-order valence-electron chi connectivity index (χ1n) is 6.81. The van der Waals surface area contributed by atoms with Gasteiger partial charge in [0.25, 0.3) is 0 Å². The molecule has 0 fully saturated rings. The third kappa shape index (κ3) is 6.13. The Morgan fingerprint density at radius 1 is 1.42 bits per heavy atom. The summed E-state index contributed by atoms with van der Waals surface area (Å²) in [5.74, 6) is 1.38. The molecule has 0 aliphatic rings. The molecule has 1 aromatic rings. The largest absolute Gasteiger partial charge is 0.488 e. The molecule has 1 rings (SSSR count). The van der Waals surface area contributed by atoms with Crippen LogP contribution in [0.5, 0.6) is 5.75 Å². The first-order chi connectivity index (χ1) is 9.02. The highest BCUT2D eigenvalue weighted by atomic mass is 35.5. The molecule has 3 heteroatoms. The van der Waals surface area contributed by atoms with Crippen molar-refractivity contribution in [1.82, 2.24) is 5.32 Å². The molecule has 0 saturated heterocycles. The maximum atomic E-state index is 6.22. The number of hydrogen-bond donors (Lipinski definition) is 1. The van der Waals surface area contributed by atoms with Crippen molar-refractivity contribution in [3.8, 4) is 5.75 Å². The topological polar surface area (TPSA) is 21.3 Å². The standard InChI is InChI=1S/C16H24ClNO/c1-5-13(4)11-19-16-7-6-14(8-15(16)17)10-18-9-12(2)3/h6-8,12,18H,4-5,9-11H2,1-3H3. The van der Waals surface area contributed by atoms with E-state index in [-0.39, 0.29) is 0 Å². The molecular formula is C16H24ClNO. The van der Waals surface area contributed by atoms with Gasteiger partial charge in [0, 0.05) is 6.54 Å². The Hall–Kier alpha value is -0.990. The maximum Gasteiger partial charge on any atom is 0.138 e. The Morgan fingerprint density at radius 3 is 2.74 bits per heavy atom. The summed E-state index contributed by atoms with van der Waals surface area (Å²) >= 11 is 6.22. The molecule has 0 aliphatic heterocycles. The van der Waals surface area contributed by atoms with Crippen LogP contribution in [0.25, 0.3) is 0 Å². The van der Waals surface area contributed by atoms with E-state index < -0.39 is 0 Å². The van der Waals surface area contributed by atoms with E-state index in [9.17, 15) is 0 Å². The molecule has 0 aliphatic carbocycles. The Kier molecular flexibility index (Phi) is 6.96. The predicted molar refractivity (Wildman–Crippen MR) is 82.9 cm³/mol. The fraction of sp³-hybridized carbons (Fsp3) is 0.500. The van der Waals surface area contributed by atoms with Crippen molar-refractivity contribution in [1.29, 1.82) is 0 Å². The molecule has 0 spiro atoms.